The van der Waals surface area contributed by atoms with E-state index in [9.17, 15) is 4.79 Å². The van der Waals surface area contributed by atoms with E-state index < -0.39 is 0 Å². The molecule has 17 heavy (non-hydrogen) atoms. The lowest BCUT2D eigenvalue weighted by Crippen LogP contribution is -1.99. The fraction of sp³-hybridized carbons (Fsp3) is 0.167. The number of nitrogens with zero attached hydrogens (tertiary/aromatic N) is 1. The maximum absolute atomic E-state index is 10.9. The van der Waals surface area contributed by atoms with Crippen molar-refractivity contribution in [2.75, 3.05) is 0 Å². The molecule has 5 heteroatoms. The first-order chi connectivity index (χ1) is 8.20. The second kappa shape index (κ2) is 5.14. The summed E-state index contributed by atoms with van der Waals surface area (Å²) in [5.74, 6) is 1.24. The van der Waals surface area contributed by atoms with Crippen LogP contribution in [0.3, 0.4) is 0 Å². The van der Waals surface area contributed by atoms with Gasteiger partial charge in [0.1, 0.15) is 23.8 Å². The van der Waals surface area contributed by atoms with E-state index >= 15 is 0 Å². The van der Waals surface area contributed by atoms with Crippen molar-refractivity contribution in [3.05, 3.63) is 45.8 Å². The number of carbonyl (C=O) groups excluding carboxylic acids is 1. The number of ether oxygens (including phenoxy) is 1. The van der Waals surface area contributed by atoms with Crippen molar-refractivity contribution in [1.82, 2.24) is 5.16 Å². The van der Waals surface area contributed by atoms with Crippen molar-refractivity contribution in [3.8, 4) is 5.75 Å². The van der Waals surface area contributed by atoms with E-state index in [2.05, 4.69) is 21.1 Å². The number of benzene rings is 1. The number of halogens is 1. The van der Waals surface area contributed by atoms with Gasteiger partial charge in [-0.2, -0.15) is 0 Å². The summed E-state index contributed by atoms with van der Waals surface area (Å²) < 4.78 is 11.2. The molecule has 88 valence electrons. The first-order valence-electron chi connectivity index (χ1n) is 4.99. The molecule has 0 spiro atoms. The number of hydrogen-bond acceptors (Lipinski definition) is 4. The summed E-state index contributed by atoms with van der Waals surface area (Å²) in [5, 5.41) is 3.81. The third kappa shape index (κ3) is 2.74. The molecule has 1 heterocycles. The van der Waals surface area contributed by atoms with Gasteiger partial charge >= 0.3 is 0 Å². The number of aromatic nitrogens is 1. The zero-order valence-electron chi connectivity index (χ0n) is 9.14. The lowest BCUT2D eigenvalue weighted by atomic mass is 10.2. The molecule has 0 bridgehead atoms. The molecular formula is C12H10BrNO3. The Morgan fingerprint density at radius 1 is 1.53 bits per heavy atom. The summed E-state index contributed by atoms with van der Waals surface area (Å²) in [5.41, 5.74) is 1.19. The highest BCUT2D eigenvalue weighted by atomic mass is 79.9. The van der Waals surface area contributed by atoms with Crippen molar-refractivity contribution in [2.24, 2.45) is 0 Å². The number of carbonyl (C=O) groups is 1. The Morgan fingerprint density at radius 3 is 3.00 bits per heavy atom. The molecule has 1 aromatic heterocycles. The molecule has 0 radical (unpaired) electrons. The molecule has 0 fully saturated rings. The van der Waals surface area contributed by atoms with Crippen LogP contribution in [0.25, 0.3) is 0 Å². The number of para-hydroxylation sites is 1. The minimum atomic E-state index is 0.265. The standard InChI is InChI=1S/C12H10BrNO3/c1-8-5-10(14-17-8)7-16-12-9(6-15)3-2-4-11(12)13/h2-6H,7H2,1H3. The van der Waals surface area contributed by atoms with Gasteiger partial charge in [-0.05, 0) is 35.0 Å². The third-order valence-corrected chi connectivity index (χ3v) is 2.79. The van der Waals surface area contributed by atoms with E-state index in [1.807, 2.05) is 13.0 Å². The predicted octanol–water partition coefficient (Wildman–Crippen LogP) is 3.14. The van der Waals surface area contributed by atoms with Crippen LogP contribution in [0.15, 0.2) is 33.3 Å². The SMILES string of the molecule is Cc1cc(COc2c(Br)cccc2C=O)no1. The van der Waals surface area contributed by atoms with Gasteiger partial charge < -0.3 is 9.26 Å². The number of rotatable bonds is 4. The Kier molecular flexibility index (Phi) is 3.58. The minimum Gasteiger partial charge on any atom is -0.485 e. The highest BCUT2D eigenvalue weighted by Gasteiger charge is 2.09. The highest BCUT2D eigenvalue weighted by molar-refractivity contribution is 9.10. The number of aryl methyl sites for hydroxylation is 1. The molecule has 0 aliphatic carbocycles. The fourth-order valence-electron chi connectivity index (χ4n) is 1.40. The van der Waals surface area contributed by atoms with Gasteiger partial charge in [-0.25, -0.2) is 0 Å². The van der Waals surface area contributed by atoms with E-state index in [1.165, 1.54) is 0 Å². The van der Waals surface area contributed by atoms with Crippen molar-refractivity contribution in [2.45, 2.75) is 13.5 Å². The van der Waals surface area contributed by atoms with Gasteiger partial charge in [0, 0.05) is 6.07 Å². The molecule has 0 atom stereocenters. The lowest BCUT2D eigenvalue weighted by Gasteiger charge is -2.08. The Balaban J connectivity index is 2.16. The Hall–Kier alpha value is -1.62. The van der Waals surface area contributed by atoms with Crippen LogP contribution < -0.4 is 4.74 Å². The Morgan fingerprint density at radius 2 is 2.35 bits per heavy atom. The zero-order chi connectivity index (χ0) is 12.3. The molecule has 2 aromatic rings. The maximum atomic E-state index is 10.9. The molecule has 0 saturated heterocycles. The van der Waals surface area contributed by atoms with Crippen molar-refractivity contribution in [1.29, 1.82) is 0 Å². The fourth-order valence-corrected chi connectivity index (χ4v) is 1.90. The number of hydrogen-bond donors (Lipinski definition) is 0. The normalized spacial score (nSPS) is 10.2. The number of aldehydes is 1. The smallest absolute Gasteiger partial charge is 0.153 e. The monoisotopic (exact) mass is 295 g/mol. The topological polar surface area (TPSA) is 52.3 Å². The second-order valence-electron chi connectivity index (χ2n) is 3.49. The largest absolute Gasteiger partial charge is 0.485 e. The Bertz CT molecular complexity index is 536. The zero-order valence-corrected chi connectivity index (χ0v) is 10.7. The molecule has 0 aliphatic heterocycles. The van der Waals surface area contributed by atoms with Gasteiger partial charge in [-0.15, -0.1) is 0 Å². The van der Waals surface area contributed by atoms with Gasteiger partial charge in [-0.1, -0.05) is 11.2 Å². The Labute approximate surface area is 107 Å². The summed E-state index contributed by atoms with van der Waals surface area (Å²) in [6, 6.07) is 7.08. The second-order valence-corrected chi connectivity index (χ2v) is 4.35. The van der Waals surface area contributed by atoms with Gasteiger partial charge in [0.05, 0.1) is 10.0 Å². The van der Waals surface area contributed by atoms with Crippen LogP contribution in [0.1, 0.15) is 21.8 Å². The molecule has 2 rings (SSSR count). The quantitative estimate of drug-likeness (QED) is 0.813. The van der Waals surface area contributed by atoms with Crippen molar-refractivity contribution < 1.29 is 14.1 Å². The molecule has 1 aromatic carbocycles. The average molecular weight is 296 g/mol. The van der Waals surface area contributed by atoms with Crippen LogP contribution in [-0.2, 0) is 6.61 Å². The molecule has 4 nitrogen and oxygen atoms in total. The van der Waals surface area contributed by atoms with Crippen molar-refractivity contribution >= 4 is 22.2 Å². The average Bonchev–Trinajstić information content (AvgIpc) is 2.73. The summed E-state index contributed by atoms with van der Waals surface area (Å²) in [4.78, 5) is 10.9. The van der Waals surface area contributed by atoms with Gasteiger partial charge in [-0.3, -0.25) is 4.79 Å². The lowest BCUT2D eigenvalue weighted by molar-refractivity contribution is 0.111. The first kappa shape index (κ1) is 11.9. The first-order valence-corrected chi connectivity index (χ1v) is 5.78. The predicted molar refractivity (Wildman–Crippen MR) is 65.1 cm³/mol. The van der Waals surface area contributed by atoms with Crippen LogP contribution in [0.4, 0.5) is 0 Å². The van der Waals surface area contributed by atoms with Gasteiger partial charge in [0.15, 0.2) is 6.29 Å². The minimum absolute atomic E-state index is 0.265. The molecule has 0 amide bonds. The van der Waals surface area contributed by atoms with E-state index in [4.69, 9.17) is 9.26 Å². The van der Waals surface area contributed by atoms with Gasteiger partial charge in [0.25, 0.3) is 0 Å². The van der Waals surface area contributed by atoms with E-state index in [0.717, 1.165) is 16.5 Å². The molecular weight excluding hydrogens is 286 g/mol. The van der Waals surface area contributed by atoms with Crippen LogP contribution >= 0.6 is 15.9 Å². The molecule has 0 N–H and O–H groups in total. The van der Waals surface area contributed by atoms with Crippen LogP contribution in [0.5, 0.6) is 5.75 Å². The molecule has 0 saturated carbocycles. The van der Waals surface area contributed by atoms with Crippen LogP contribution in [0, 0.1) is 6.92 Å². The summed E-state index contributed by atoms with van der Waals surface area (Å²) in [7, 11) is 0. The summed E-state index contributed by atoms with van der Waals surface area (Å²) >= 11 is 3.34. The summed E-state index contributed by atoms with van der Waals surface area (Å²) in [6.45, 7) is 2.08. The summed E-state index contributed by atoms with van der Waals surface area (Å²) in [6.07, 6.45) is 0.758. The van der Waals surface area contributed by atoms with E-state index in [-0.39, 0.29) is 6.61 Å². The van der Waals surface area contributed by atoms with E-state index in [1.54, 1.807) is 18.2 Å². The van der Waals surface area contributed by atoms with Crippen molar-refractivity contribution in [3.63, 3.8) is 0 Å². The maximum Gasteiger partial charge on any atom is 0.153 e. The third-order valence-electron chi connectivity index (χ3n) is 2.17. The van der Waals surface area contributed by atoms with Crippen LogP contribution in [0.2, 0.25) is 0 Å². The van der Waals surface area contributed by atoms with E-state index in [0.29, 0.717) is 17.0 Å². The van der Waals surface area contributed by atoms with Gasteiger partial charge in [0.2, 0.25) is 0 Å². The molecule has 0 unspecified atom stereocenters. The highest BCUT2D eigenvalue weighted by Crippen LogP contribution is 2.28. The van der Waals surface area contributed by atoms with Crippen LogP contribution in [-0.4, -0.2) is 11.4 Å². The molecule has 0 aliphatic rings.